The Morgan fingerprint density at radius 1 is 1.44 bits per heavy atom. The van der Waals surface area contributed by atoms with E-state index in [1.54, 1.807) is 11.9 Å². The summed E-state index contributed by atoms with van der Waals surface area (Å²) in [5.74, 6) is -0.115. The van der Waals surface area contributed by atoms with E-state index >= 15 is 0 Å². The van der Waals surface area contributed by atoms with E-state index in [2.05, 4.69) is 19.1 Å². The van der Waals surface area contributed by atoms with Crippen LogP contribution in [-0.2, 0) is 11.2 Å². The first-order chi connectivity index (χ1) is 7.65. The number of carbonyl (C=O) groups is 1. The summed E-state index contributed by atoms with van der Waals surface area (Å²) in [6, 6.07) is 10.00. The highest BCUT2D eigenvalue weighted by molar-refractivity contribution is 5.77. The van der Waals surface area contributed by atoms with Crippen molar-refractivity contribution < 1.29 is 4.79 Å². The number of benzene rings is 1. The van der Waals surface area contributed by atoms with Gasteiger partial charge in [-0.25, -0.2) is 0 Å². The van der Waals surface area contributed by atoms with Gasteiger partial charge >= 0.3 is 0 Å². The first-order valence-corrected chi connectivity index (χ1v) is 5.30. The van der Waals surface area contributed by atoms with Crippen LogP contribution in [0.5, 0.6) is 0 Å². The highest BCUT2D eigenvalue weighted by atomic mass is 16.2. The molecule has 0 aliphatic rings. The number of amides is 1. The quantitative estimate of drug-likeness (QED) is 0.771. The van der Waals surface area contributed by atoms with Gasteiger partial charge in [-0.05, 0) is 24.5 Å². The van der Waals surface area contributed by atoms with Crippen LogP contribution in [0.15, 0.2) is 24.3 Å². The van der Waals surface area contributed by atoms with Crippen molar-refractivity contribution in [2.24, 2.45) is 0 Å². The maximum absolute atomic E-state index is 11.4. The molecule has 0 aromatic heterocycles. The Morgan fingerprint density at radius 3 is 2.75 bits per heavy atom. The minimum absolute atomic E-state index is 0.0374. The van der Waals surface area contributed by atoms with Crippen LogP contribution in [0, 0.1) is 18.3 Å². The maximum atomic E-state index is 11.4. The van der Waals surface area contributed by atoms with Crippen molar-refractivity contribution in [3.63, 3.8) is 0 Å². The largest absolute Gasteiger partial charge is 0.345 e. The Balaban J connectivity index is 2.49. The second-order valence-corrected chi connectivity index (χ2v) is 3.83. The Hall–Kier alpha value is -1.82. The molecule has 0 aliphatic heterocycles. The van der Waals surface area contributed by atoms with Gasteiger partial charge in [-0.2, -0.15) is 5.26 Å². The summed E-state index contributed by atoms with van der Waals surface area (Å²) in [7, 11) is 1.73. The van der Waals surface area contributed by atoms with E-state index in [9.17, 15) is 4.79 Å². The number of rotatable bonds is 4. The highest BCUT2D eigenvalue weighted by Gasteiger charge is 2.07. The van der Waals surface area contributed by atoms with Crippen LogP contribution in [0.25, 0.3) is 0 Å². The van der Waals surface area contributed by atoms with Gasteiger partial charge in [0.25, 0.3) is 0 Å². The monoisotopic (exact) mass is 216 g/mol. The number of carbonyl (C=O) groups excluding carboxylic acids is 1. The lowest BCUT2D eigenvalue weighted by Crippen LogP contribution is -2.28. The molecule has 1 amide bonds. The van der Waals surface area contributed by atoms with Gasteiger partial charge in [0.2, 0.25) is 5.91 Å². The third kappa shape index (κ3) is 3.39. The van der Waals surface area contributed by atoms with Crippen LogP contribution in [0.2, 0.25) is 0 Å². The molecule has 0 atom stereocenters. The van der Waals surface area contributed by atoms with E-state index < -0.39 is 0 Å². The molecule has 0 radical (unpaired) electrons. The normalized spacial score (nSPS) is 9.56. The summed E-state index contributed by atoms with van der Waals surface area (Å²) in [5, 5.41) is 8.42. The molecule has 0 fully saturated rings. The molecule has 0 N–H and O–H groups in total. The summed E-state index contributed by atoms with van der Waals surface area (Å²) in [5.41, 5.74) is 2.49. The molecule has 0 saturated heterocycles. The van der Waals surface area contributed by atoms with E-state index in [-0.39, 0.29) is 12.3 Å². The zero-order valence-corrected chi connectivity index (χ0v) is 9.73. The average Bonchev–Trinajstić information content (AvgIpc) is 2.28. The molecular formula is C13H16N2O. The lowest BCUT2D eigenvalue weighted by molar-refractivity contribution is -0.128. The highest BCUT2D eigenvalue weighted by Crippen LogP contribution is 2.08. The molecule has 1 rings (SSSR count). The van der Waals surface area contributed by atoms with Crippen LogP contribution in [0.3, 0.4) is 0 Å². The number of likely N-dealkylation sites (N-methyl/N-ethyl adjacent to an activating group) is 1. The van der Waals surface area contributed by atoms with E-state index in [1.807, 2.05) is 18.2 Å². The molecule has 84 valence electrons. The maximum Gasteiger partial charge on any atom is 0.236 e. The first kappa shape index (κ1) is 12.3. The molecule has 3 nitrogen and oxygen atoms in total. The summed E-state index contributed by atoms with van der Waals surface area (Å²) in [4.78, 5) is 13.0. The number of nitriles is 1. The minimum atomic E-state index is -0.115. The fraction of sp³-hybridized carbons (Fsp3) is 0.385. The first-order valence-electron chi connectivity index (χ1n) is 5.30. The molecule has 0 unspecified atom stereocenters. The Kier molecular flexibility index (Phi) is 4.53. The van der Waals surface area contributed by atoms with Crippen LogP contribution in [0.4, 0.5) is 0 Å². The van der Waals surface area contributed by atoms with E-state index in [1.165, 1.54) is 11.1 Å². The standard InChI is InChI=1S/C13H16N2O/c1-11-5-3-4-6-12(11)8-10-15(2)13(16)7-9-14/h3-6H,7-8,10H2,1-2H3. The SMILES string of the molecule is Cc1ccccc1CCN(C)C(=O)CC#N. The van der Waals surface area contributed by atoms with Crippen molar-refractivity contribution in [2.75, 3.05) is 13.6 Å². The second-order valence-electron chi connectivity index (χ2n) is 3.83. The van der Waals surface area contributed by atoms with Gasteiger partial charge in [-0.15, -0.1) is 0 Å². The van der Waals surface area contributed by atoms with Crippen molar-refractivity contribution >= 4 is 5.91 Å². The van der Waals surface area contributed by atoms with E-state index in [0.717, 1.165) is 6.42 Å². The van der Waals surface area contributed by atoms with Gasteiger partial charge in [0.15, 0.2) is 0 Å². The predicted octanol–water partition coefficient (Wildman–Crippen LogP) is 1.91. The van der Waals surface area contributed by atoms with Gasteiger partial charge in [0.05, 0.1) is 6.07 Å². The van der Waals surface area contributed by atoms with Gasteiger partial charge in [0, 0.05) is 13.6 Å². The lowest BCUT2D eigenvalue weighted by atomic mass is 10.1. The molecule has 0 aliphatic carbocycles. The van der Waals surface area contributed by atoms with Crippen molar-refractivity contribution in [3.8, 4) is 6.07 Å². The molecule has 1 aromatic rings. The summed E-state index contributed by atoms with van der Waals surface area (Å²) in [6.07, 6.45) is 0.796. The topological polar surface area (TPSA) is 44.1 Å². The number of nitrogens with zero attached hydrogens (tertiary/aromatic N) is 2. The Morgan fingerprint density at radius 2 is 2.12 bits per heavy atom. The van der Waals surface area contributed by atoms with Crippen molar-refractivity contribution in [1.29, 1.82) is 5.26 Å². The van der Waals surface area contributed by atoms with Crippen molar-refractivity contribution in [3.05, 3.63) is 35.4 Å². The van der Waals surface area contributed by atoms with E-state index in [4.69, 9.17) is 5.26 Å². The fourth-order valence-corrected chi connectivity index (χ4v) is 1.51. The molecule has 1 aromatic carbocycles. The molecule has 16 heavy (non-hydrogen) atoms. The summed E-state index contributed by atoms with van der Waals surface area (Å²) >= 11 is 0. The minimum Gasteiger partial charge on any atom is -0.345 e. The lowest BCUT2D eigenvalue weighted by Gasteiger charge is -2.16. The molecule has 0 saturated carbocycles. The molecule has 3 heteroatoms. The summed E-state index contributed by atoms with van der Waals surface area (Å²) < 4.78 is 0. The number of hydrogen-bond donors (Lipinski definition) is 0. The van der Waals surface area contributed by atoms with Gasteiger partial charge in [-0.1, -0.05) is 24.3 Å². The third-order valence-corrected chi connectivity index (χ3v) is 2.63. The molecule has 0 bridgehead atoms. The van der Waals surface area contributed by atoms with Crippen molar-refractivity contribution in [2.45, 2.75) is 19.8 Å². The second kappa shape index (κ2) is 5.92. The zero-order valence-electron chi connectivity index (χ0n) is 9.73. The van der Waals surface area contributed by atoms with Gasteiger partial charge in [0.1, 0.15) is 6.42 Å². The average molecular weight is 216 g/mol. The van der Waals surface area contributed by atoms with Crippen LogP contribution >= 0.6 is 0 Å². The predicted molar refractivity (Wildman–Crippen MR) is 62.8 cm³/mol. The zero-order chi connectivity index (χ0) is 12.0. The van der Waals surface area contributed by atoms with E-state index in [0.29, 0.717) is 6.54 Å². The molecule has 0 heterocycles. The third-order valence-electron chi connectivity index (χ3n) is 2.63. The van der Waals surface area contributed by atoms with Gasteiger partial charge in [-0.3, -0.25) is 4.79 Å². The Bertz CT molecular complexity index is 407. The Labute approximate surface area is 96.3 Å². The smallest absolute Gasteiger partial charge is 0.236 e. The molecular weight excluding hydrogens is 200 g/mol. The molecule has 0 spiro atoms. The summed E-state index contributed by atoms with van der Waals surface area (Å²) in [6.45, 7) is 2.72. The van der Waals surface area contributed by atoms with Crippen LogP contribution in [-0.4, -0.2) is 24.4 Å². The number of hydrogen-bond acceptors (Lipinski definition) is 2. The van der Waals surface area contributed by atoms with Gasteiger partial charge < -0.3 is 4.90 Å². The number of aryl methyl sites for hydroxylation is 1. The fourth-order valence-electron chi connectivity index (χ4n) is 1.51. The van der Waals surface area contributed by atoms with Crippen molar-refractivity contribution in [1.82, 2.24) is 4.90 Å². The van der Waals surface area contributed by atoms with Crippen LogP contribution in [0.1, 0.15) is 17.5 Å². The van der Waals surface area contributed by atoms with Crippen LogP contribution < -0.4 is 0 Å².